The van der Waals surface area contributed by atoms with Gasteiger partial charge in [-0.15, -0.1) is 0 Å². The zero-order valence-corrected chi connectivity index (χ0v) is 15.0. The summed E-state index contributed by atoms with van der Waals surface area (Å²) in [5, 5.41) is 5.15. The fourth-order valence-electron chi connectivity index (χ4n) is 2.86. The monoisotopic (exact) mass is 332 g/mol. The third-order valence-corrected chi connectivity index (χ3v) is 4.48. The van der Waals surface area contributed by atoms with Crippen LogP contribution in [0.4, 0.5) is 0 Å². The van der Waals surface area contributed by atoms with Gasteiger partial charge in [-0.3, -0.25) is 4.79 Å². The van der Waals surface area contributed by atoms with Gasteiger partial charge in [0.2, 0.25) is 0 Å². The van der Waals surface area contributed by atoms with Crippen LogP contribution in [0.1, 0.15) is 59.9 Å². The Morgan fingerprint density at radius 1 is 1.13 bits per heavy atom. The molecule has 2 aromatic rings. The summed E-state index contributed by atoms with van der Waals surface area (Å²) in [5.41, 5.74) is 4.14. The van der Waals surface area contributed by atoms with E-state index in [1.165, 1.54) is 24.8 Å². The van der Waals surface area contributed by atoms with Crippen molar-refractivity contribution in [3.05, 3.63) is 51.8 Å². The van der Waals surface area contributed by atoms with Crippen molar-refractivity contribution in [2.75, 3.05) is 0 Å². The van der Waals surface area contributed by atoms with Crippen LogP contribution in [0, 0.1) is 13.8 Å². The minimum absolute atomic E-state index is 0.00716. The number of unbranched alkanes of at least 4 members (excludes halogenated alkanes) is 3. The molecule has 0 saturated carbocycles. The van der Waals surface area contributed by atoms with Gasteiger partial charge in [0.1, 0.15) is 0 Å². The highest BCUT2D eigenvalue weighted by Crippen LogP contribution is 2.18. The number of rotatable bonds is 7. The summed E-state index contributed by atoms with van der Waals surface area (Å²) in [6.45, 7) is 6.20. The summed E-state index contributed by atoms with van der Waals surface area (Å²) in [6, 6.07) is 7.39. The summed E-state index contributed by atoms with van der Waals surface area (Å²) in [5.74, 6) is 0.00716. The largest absolute Gasteiger partial charge is 0.272 e. The van der Waals surface area contributed by atoms with E-state index in [-0.39, 0.29) is 5.91 Å². The van der Waals surface area contributed by atoms with Gasteiger partial charge in [-0.05, 0) is 49.9 Å². The number of hydrogen-bond donors (Lipinski definition) is 0. The lowest BCUT2D eigenvalue weighted by Gasteiger charge is -2.05. The second kappa shape index (κ2) is 8.30. The lowest BCUT2D eigenvalue weighted by molar-refractivity contribution is 0.0895. The van der Waals surface area contributed by atoms with Crippen molar-refractivity contribution in [1.82, 2.24) is 9.78 Å². The maximum atomic E-state index is 12.5. The van der Waals surface area contributed by atoms with Crippen LogP contribution in [0.2, 0.25) is 5.02 Å². The molecule has 0 amide bonds. The fourth-order valence-corrected chi connectivity index (χ4v) is 2.99. The minimum Gasteiger partial charge on any atom is -0.272 e. The number of aryl methyl sites for hydroxylation is 1. The molecule has 0 aliphatic rings. The molecule has 0 N–H and O–H groups in total. The summed E-state index contributed by atoms with van der Waals surface area (Å²) in [6.07, 6.45) is 6.24. The molecule has 23 heavy (non-hydrogen) atoms. The van der Waals surface area contributed by atoms with Gasteiger partial charge in [-0.25, -0.2) is 4.68 Å². The first kappa shape index (κ1) is 17.7. The Kier molecular flexibility index (Phi) is 6.40. The van der Waals surface area contributed by atoms with E-state index < -0.39 is 0 Å². The normalized spacial score (nSPS) is 11.0. The zero-order chi connectivity index (χ0) is 16.8. The maximum Gasteiger partial charge on any atom is 0.251 e. The van der Waals surface area contributed by atoms with Gasteiger partial charge >= 0.3 is 0 Å². The van der Waals surface area contributed by atoms with E-state index in [9.17, 15) is 4.79 Å². The molecule has 124 valence electrons. The van der Waals surface area contributed by atoms with Crippen LogP contribution in [-0.2, 0) is 12.8 Å². The highest BCUT2D eigenvalue weighted by molar-refractivity contribution is 6.30. The summed E-state index contributed by atoms with van der Waals surface area (Å²) in [4.78, 5) is 12.5. The first-order valence-corrected chi connectivity index (χ1v) is 8.73. The first-order chi connectivity index (χ1) is 11.0. The number of carbonyl (C=O) groups excluding carboxylic acids is 1. The van der Waals surface area contributed by atoms with Crippen molar-refractivity contribution in [3.63, 3.8) is 0 Å². The molecule has 0 atom stereocenters. The lowest BCUT2D eigenvalue weighted by Crippen LogP contribution is -2.16. The average molecular weight is 333 g/mol. The summed E-state index contributed by atoms with van der Waals surface area (Å²) >= 11 is 5.88. The molecular weight excluding hydrogens is 308 g/mol. The Hall–Kier alpha value is -1.61. The summed E-state index contributed by atoms with van der Waals surface area (Å²) < 4.78 is 1.57. The van der Waals surface area contributed by atoms with Crippen molar-refractivity contribution in [2.45, 2.75) is 59.3 Å². The number of halogens is 1. The molecule has 0 fully saturated rings. The standard InChI is InChI=1S/C19H25ClN2O/c1-4-5-6-7-8-18-14(2)21-22(15(18)3)19(23)13-16-9-11-17(20)12-10-16/h9-12H,4-8,13H2,1-3H3. The quantitative estimate of drug-likeness (QED) is 0.656. The Morgan fingerprint density at radius 2 is 1.83 bits per heavy atom. The molecular formula is C19H25ClN2O. The van der Waals surface area contributed by atoms with Crippen LogP contribution in [0.15, 0.2) is 24.3 Å². The maximum absolute atomic E-state index is 12.5. The van der Waals surface area contributed by atoms with Crippen molar-refractivity contribution in [2.24, 2.45) is 0 Å². The van der Waals surface area contributed by atoms with Gasteiger partial charge in [0.25, 0.3) is 5.91 Å². The third kappa shape index (κ3) is 4.68. The van der Waals surface area contributed by atoms with E-state index in [1.807, 2.05) is 38.1 Å². The average Bonchev–Trinajstić information content (AvgIpc) is 2.81. The third-order valence-electron chi connectivity index (χ3n) is 4.23. The lowest BCUT2D eigenvalue weighted by atomic mass is 10.0. The van der Waals surface area contributed by atoms with Crippen LogP contribution in [0.25, 0.3) is 0 Å². The molecule has 0 aliphatic carbocycles. The number of aromatic nitrogens is 2. The number of carbonyl (C=O) groups is 1. The smallest absolute Gasteiger partial charge is 0.251 e. The predicted molar refractivity (Wildman–Crippen MR) is 95.3 cm³/mol. The van der Waals surface area contributed by atoms with E-state index in [1.54, 1.807) is 4.68 Å². The molecule has 0 aliphatic heterocycles. The molecule has 0 bridgehead atoms. The molecule has 1 aromatic carbocycles. The van der Waals surface area contributed by atoms with Crippen LogP contribution >= 0.6 is 11.6 Å². The van der Waals surface area contributed by atoms with E-state index in [2.05, 4.69) is 12.0 Å². The minimum atomic E-state index is 0.00716. The van der Waals surface area contributed by atoms with E-state index >= 15 is 0 Å². The molecule has 1 heterocycles. The number of nitrogens with zero attached hydrogens (tertiary/aromatic N) is 2. The topological polar surface area (TPSA) is 34.9 Å². The fraction of sp³-hybridized carbons (Fsp3) is 0.474. The Bertz CT molecular complexity index is 659. The molecule has 2 rings (SSSR count). The Morgan fingerprint density at radius 3 is 2.48 bits per heavy atom. The Labute approximate surface area is 143 Å². The van der Waals surface area contributed by atoms with E-state index in [0.29, 0.717) is 11.4 Å². The van der Waals surface area contributed by atoms with Crippen molar-refractivity contribution in [3.8, 4) is 0 Å². The van der Waals surface area contributed by atoms with Crippen LogP contribution in [0.5, 0.6) is 0 Å². The highest BCUT2D eigenvalue weighted by Gasteiger charge is 2.16. The van der Waals surface area contributed by atoms with Crippen LogP contribution < -0.4 is 0 Å². The molecule has 0 saturated heterocycles. The number of hydrogen-bond acceptors (Lipinski definition) is 2. The first-order valence-electron chi connectivity index (χ1n) is 8.35. The van der Waals surface area contributed by atoms with Gasteiger partial charge in [-0.1, -0.05) is 49.9 Å². The molecule has 0 spiro atoms. The highest BCUT2D eigenvalue weighted by atomic mass is 35.5. The van der Waals surface area contributed by atoms with Gasteiger partial charge in [0, 0.05) is 10.7 Å². The van der Waals surface area contributed by atoms with Crippen molar-refractivity contribution in [1.29, 1.82) is 0 Å². The second-order valence-corrected chi connectivity index (χ2v) is 6.51. The van der Waals surface area contributed by atoms with Crippen LogP contribution in [-0.4, -0.2) is 15.7 Å². The molecule has 1 aromatic heterocycles. The predicted octanol–water partition coefficient (Wildman–Crippen LogP) is 5.16. The second-order valence-electron chi connectivity index (χ2n) is 6.07. The molecule has 3 nitrogen and oxygen atoms in total. The van der Waals surface area contributed by atoms with Gasteiger partial charge in [0.15, 0.2) is 0 Å². The van der Waals surface area contributed by atoms with Crippen molar-refractivity contribution < 1.29 is 4.79 Å². The van der Waals surface area contributed by atoms with Crippen LogP contribution in [0.3, 0.4) is 0 Å². The Balaban J connectivity index is 2.07. The zero-order valence-electron chi connectivity index (χ0n) is 14.2. The van der Waals surface area contributed by atoms with Gasteiger partial charge < -0.3 is 0 Å². The van der Waals surface area contributed by atoms with Gasteiger partial charge in [0.05, 0.1) is 12.1 Å². The molecule has 4 heteroatoms. The molecule has 0 unspecified atom stereocenters. The number of benzene rings is 1. The van der Waals surface area contributed by atoms with Gasteiger partial charge in [-0.2, -0.15) is 5.10 Å². The molecule has 0 radical (unpaired) electrons. The van der Waals surface area contributed by atoms with E-state index in [4.69, 9.17) is 11.6 Å². The van der Waals surface area contributed by atoms with Crippen molar-refractivity contribution >= 4 is 17.5 Å². The SMILES string of the molecule is CCCCCCc1c(C)nn(C(=O)Cc2ccc(Cl)cc2)c1C. The van der Waals surface area contributed by atoms with E-state index in [0.717, 1.165) is 29.8 Å². The summed E-state index contributed by atoms with van der Waals surface area (Å²) in [7, 11) is 0.